The molecule has 1 aromatic carbocycles. The third kappa shape index (κ3) is 5.99. The summed E-state index contributed by atoms with van der Waals surface area (Å²) in [5.74, 6) is -0.729. The molecule has 3 rings (SSSR count). The summed E-state index contributed by atoms with van der Waals surface area (Å²) in [6.07, 6.45) is 2.51. The molecule has 1 saturated heterocycles. The first-order chi connectivity index (χ1) is 12.5. The Labute approximate surface area is 154 Å². The molecule has 1 aliphatic heterocycles. The van der Waals surface area contributed by atoms with Crippen molar-refractivity contribution in [1.82, 2.24) is 16.0 Å². The van der Waals surface area contributed by atoms with Crippen molar-refractivity contribution in [1.29, 1.82) is 0 Å². The van der Waals surface area contributed by atoms with E-state index in [1.807, 2.05) is 0 Å². The monoisotopic (exact) mass is 380 g/mol. The highest BCUT2D eigenvalue weighted by Gasteiger charge is 2.30. The van der Waals surface area contributed by atoms with E-state index >= 15 is 0 Å². The van der Waals surface area contributed by atoms with Crippen molar-refractivity contribution in [3.63, 3.8) is 0 Å². The van der Waals surface area contributed by atoms with Crippen LogP contribution in [0, 0.1) is 5.82 Å². The average Bonchev–Trinajstić information content (AvgIpc) is 3.38. The third-order valence-corrected chi connectivity index (χ3v) is 5.01. The zero-order chi connectivity index (χ0) is 18.5. The molecule has 0 aromatic heterocycles. The van der Waals surface area contributed by atoms with Gasteiger partial charge in [0.05, 0.1) is 5.75 Å². The van der Waals surface area contributed by atoms with E-state index < -0.39 is 5.50 Å². The van der Waals surface area contributed by atoms with Gasteiger partial charge in [0.2, 0.25) is 17.7 Å². The molecular weight excluding hydrogens is 359 g/mol. The Bertz CT molecular complexity index is 681. The van der Waals surface area contributed by atoms with Crippen LogP contribution < -0.4 is 21.3 Å². The number of benzene rings is 1. The van der Waals surface area contributed by atoms with E-state index in [-0.39, 0.29) is 48.2 Å². The molecule has 0 radical (unpaired) electrons. The Morgan fingerprint density at radius 3 is 2.62 bits per heavy atom. The van der Waals surface area contributed by atoms with Gasteiger partial charge in [-0.05, 0) is 37.1 Å². The van der Waals surface area contributed by atoms with Gasteiger partial charge in [0.1, 0.15) is 11.3 Å². The second-order valence-corrected chi connectivity index (χ2v) is 7.52. The van der Waals surface area contributed by atoms with Crippen LogP contribution in [0.15, 0.2) is 24.3 Å². The van der Waals surface area contributed by atoms with Crippen molar-refractivity contribution in [2.45, 2.75) is 43.3 Å². The van der Waals surface area contributed by atoms with E-state index in [9.17, 15) is 18.8 Å². The van der Waals surface area contributed by atoms with Gasteiger partial charge in [-0.15, -0.1) is 11.8 Å². The molecule has 2 aliphatic rings. The summed E-state index contributed by atoms with van der Waals surface area (Å²) < 4.78 is 12.9. The smallest absolute Gasteiger partial charge is 0.234 e. The third-order valence-electron chi connectivity index (χ3n) is 3.99. The maximum absolute atomic E-state index is 12.9. The van der Waals surface area contributed by atoms with Crippen LogP contribution in [0.3, 0.4) is 0 Å². The quantitative estimate of drug-likeness (QED) is 0.564. The lowest BCUT2D eigenvalue weighted by Crippen LogP contribution is -2.56. The summed E-state index contributed by atoms with van der Waals surface area (Å²) in [4.78, 5) is 35.7. The van der Waals surface area contributed by atoms with Crippen LogP contribution in [-0.4, -0.2) is 41.1 Å². The molecule has 7 nitrogen and oxygen atoms in total. The lowest BCUT2D eigenvalue weighted by Gasteiger charge is -2.30. The molecule has 1 saturated carbocycles. The topological polar surface area (TPSA) is 99.3 Å². The molecule has 0 spiro atoms. The molecule has 3 amide bonds. The largest absolute Gasteiger partial charge is 0.353 e. The Morgan fingerprint density at radius 2 is 1.92 bits per heavy atom. The maximum atomic E-state index is 12.9. The first kappa shape index (κ1) is 18.7. The van der Waals surface area contributed by atoms with E-state index in [4.69, 9.17) is 0 Å². The minimum atomic E-state index is -0.436. The Morgan fingerprint density at radius 1 is 1.19 bits per heavy atom. The SMILES string of the molecule is O=C(CSC1NC(=O)CC(CC(=O)NC2CC2)N1)Nc1ccc(F)cc1. The zero-order valence-electron chi connectivity index (χ0n) is 14.1. The van der Waals surface area contributed by atoms with Crippen LogP contribution in [0.5, 0.6) is 0 Å². The summed E-state index contributed by atoms with van der Waals surface area (Å²) in [7, 11) is 0. The van der Waals surface area contributed by atoms with E-state index in [2.05, 4.69) is 21.3 Å². The van der Waals surface area contributed by atoms with Gasteiger partial charge in [-0.3, -0.25) is 19.7 Å². The summed E-state index contributed by atoms with van der Waals surface area (Å²) >= 11 is 1.23. The Balaban J connectivity index is 1.42. The van der Waals surface area contributed by atoms with Gasteiger partial charge in [-0.2, -0.15) is 0 Å². The highest BCUT2D eigenvalue weighted by molar-refractivity contribution is 8.00. The van der Waals surface area contributed by atoms with Gasteiger partial charge in [-0.25, -0.2) is 4.39 Å². The Hall–Kier alpha value is -2.13. The molecule has 2 unspecified atom stereocenters. The number of hydrogen-bond donors (Lipinski definition) is 4. The first-order valence-corrected chi connectivity index (χ1v) is 9.54. The van der Waals surface area contributed by atoms with Crippen molar-refractivity contribution in [3.8, 4) is 0 Å². The number of thioether (sulfide) groups is 1. The molecule has 2 atom stereocenters. The van der Waals surface area contributed by atoms with E-state index in [0.29, 0.717) is 11.7 Å². The van der Waals surface area contributed by atoms with Crippen LogP contribution in [0.2, 0.25) is 0 Å². The van der Waals surface area contributed by atoms with Gasteiger partial charge in [0.25, 0.3) is 0 Å². The second-order valence-electron chi connectivity index (χ2n) is 6.43. The van der Waals surface area contributed by atoms with Crippen LogP contribution in [-0.2, 0) is 14.4 Å². The summed E-state index contributed by atoms with van der Waals surface area (Å²) in [6.45, 7) is 0. The molecule has 9 heteroatoms. The summed E-state index contributed by atoms with van der Waals surface area (Å²) in [5.41, 5.74) is 0.0706. The Kier molecular flexibility index (Phi) is 6.10. The van der Waals surface area contributed by atoms with E-state index in [0.717, 1.165) is 12.8 Å². The van der Waals surface area contributed by atoms with Crippen molar-refractivity contribution in [2.24, 2.45) is 0 Å². The zero-order valence-corrected chi connectivity index (χ0v) is 14.9. The minimum Gasteiger partial charge on any atom is -0.353 e. The molecule has 1 aromatic rings. The number of anilines is 1. The molecule has 2 fully saturated rings. The second kappa shape index (κ2) is 8.50. The number of nitrogens with one attached hydrogen (secondary N) is 4. The fraction of sp³-hybridized carbons (Fsp3) is 0.471. The van der Waals surface area contributed by atoms with Gasteiger partial charge >= 0.3 is 0 Å². The van der Waals surface area contributed by atoms with Crippen LogP contribution in [0.4, 0.5) is 10.1 Å². The number of amides is 3. The van der Waals surface area contributed by atoms with Gasteiger partial charge < -0.3 is 16.0 Å². The fourth-order valence-corrected chi connectivity index (χ4v) is 3.49. The van der Waals surface area contributed by atoms with E-state index in [1.165, 1.54) is 36.0 Å². The number of carbonyl (C=O) groups excluding carboxylic acids is 3. The van der Waals surface area contributed by atoms with Crippen molar-refractivity contribution < 1.29 is 18.8 Å². The number of carbonyl (C=O) groups is 3. The highest BCUT2D eigenvalue weighted by atomic mass is 32.2. The summed E-state index contributed by atoms with van der Waals surface area (Å²) in [6, 6.07) is 5.53. The van der Waals surface area contributed by atoms with Crippen LogP contribution in [0.1, 0.15) is 25.7 Å². The lowest BCUT2D eigenvalue weighted by atomic mass is 10.1. The van der Waals surface area contributed by atoms with Crippen molar-refractivity contribution in [2.75, 3.05) is 11.1 Å². The van der Waals surface area contributed by atoms with E-state index in [1.54, 1.807) is 0 Å². The predicted octanol–water partition coefficient (Wildman–Crippen LogP) is 0.928. The van der Waals surface area contributed by atoms with Gasteiger partial charge in [0, 0.05) is 30.6 Å². The maximum Gasteiger partial charge on any atom is 0.234 e. The molecular formula is C17H21FN4O3S. The predicted molar refractivity (Wildman–Crippen MR) is 96.7 cm³/mol. The minimum absolute atomic E-state index is 0.0579. The number of halogens is 1. The van der Waals surface area contributed by atoms with Crippen molar-refractivity contribution in [3.05, 3.63) is 30.1 Å². The normalized spacial score (nSPS) is 22.4. The van der Waals surface area contributed by atoms with Crippen molar-refractivity contribution >= 4 is 35.2 Å². The molecule has 26 heavy (non-hydrogen) atoms. The van der Waals surface area contributed by atoms with Gasteiger partial charge in [-0.1, -0.05) is 0 Å². The molecule has 0 bridgehead atoms. The highest BCUT2D eigenvalue weighted by Crippen LogP contribution is 2.20. The van der Waals surface area contributed by atoms with Gasteiger partial charge in [0.15, 0.2) is 0 Å². The molecule has 140 valence electrons. The average molecular weight is 380 g/mol. The molecule has 4 N–H and O–H groups in total. The van der Waals surface area contributed by atoms with Crippen LogP contribution in [0.25, 0.3) is 0 Å². The lowest BCUT2D eigenvalue weighted by molar-refractivity contribution is -0.125. The molecule has 1 aliphatic carbocycles. The summed E-state index contributed by atoms with van der Waals surface area (Å²) in [5, 5.41) is 11.5. The standard InChI is InChI=1S/C17H21FN4O3S/c18-10-1-3-11(4-2-10)20-16(25)9-26-17-21-13(8-15(24)22-17)7-14(23)19-12-5-6-12/h1-4,12-13,17,21H,5-9H2,(H,19,23)(H,20,25)(H,22,24). The fourth-order valence-electron chi connectivity index (χ4n) is 2.59. The van der Waals surface area contributed by atoms with Crippen LogP contribution >= 0.6 is 11.8 Å². The first-order valence-electron chi connectivity index (χ1n) is 8.50. The molecule has 1 heterocycles. The number of rotatable bonds is 7. The number of hydrogen-bond acceptors (Lipinski definition) is 5.